The van der Waals surface area contributed by atoms with Gasteiger partial charge < -0.3 is 10.1 Å². The molecule has 0 aliphatic heterocycles. The summed E-state index contributed by atoms with van der Waals surface area (Å²) in [5, 5.41) is 3.33. The van der Waals surface area contributed by atoms with Gasteiger partial charge in [0.25, 0.3) is 5.91 Å². The van der Waals surface area contributed by atoms with E-state index >= 15 is 0 Å². The van der Waals surface area contributed by atoms with E-state index in [1.807, 2.05) is 18.2 Å². The molecule has 0 fully saturated rings. The van der Waals surface area contributed by atoms with Crippen LogP contribution in [-0.4, -0.2) is 34.1 Å². The molecule has 2 rings (SSSR count). The van der Waals surface area contributed by atoms with Crippen LogP contribution in [0.3, 0.4) is 0 Å². The third kappa shape index (κ3) is 5.54. The number of benzene rings is 2. The number of carbonyl (C=O) groups excluding carboxylic acids is 1. The van der Waals surface area contributed by atoms with E-state index < -0.39 is 10.0 Å². The summed E-state index contributed by atoms with van der Waals surface area (Å²) >= 11 is 6.05. The monoisotopic (exact) mass is 396 g/mol. The van der Waals surface area contributed by atoms with Gasteiger partial charge in [-0.25, -0.2) is 13.1 Å². The van der Waals surface area contributed by atoms with Crippen LogP contribution in [0.1, 0.15) is 22.8 Å². The van der Waals surface area contributed by atoms with E-state index in [2.05, 4.69) is 10.0 Å². The first kappa shape index (κ1) is 20.4. The molecule has 0 bridgehead atoms. The normalized spacial score (nSPS) is 12.6. The first-order valence-corrected chi connectivity index (χ1v) is 9.82. The van der Waals surface area contributed by atoms with Crippen LogP contribution in [0.5, 0.6) is 0 Å². The number of hydrogen-bond donors (Lipinski definition) is 2. The molecule has 140 valence electrons. The SMILES string of the molecule is COC[C@@H](C)NS(=O)(=O)c1ccc(C(=O)NCc2ccccc2Cl)cc1. The second-order valence-corrected chi connectivity index (χ2v) is 7.90. The van der Waals surface area contributed by atoms with E-state index in [1.165, 1.54) is 31.4 Å². The minimum absolute atomic E-state index is 0.0862. The van der Waals surface area contributed by atoms with E-state index in [1.54, 1.807) is 13.0 Å². The van der Waals surface area contributed by atoms with Crippen molar-refractivity contribution in [3.63, 3.8) is 0 Å². The molecule has 0 unspecified atom stereocenters. The highest BCUT2D eigenvalue weighted by Gasteiger charge is 2.18. The fourth-order valence-corrected chi connectivity index (χ4v) is 3.75. The van der Waals surface area contributed by atoms with Crippen LogP contribution in [0.25, 0.3) is 0 Å². The standard InChI is InChI=1S/C18H21ClN2O4S/c1-13(12-25-2)21-26(23,24)16-9-7-14(8-10-16)18(22)20-11-15-5-3-4-6-17(15)19/h3-10,13,21H,11-12H2,1-2H3,(H,20,22)/t13-/m1/s1. The van der Waals surface area contributed by atoms with E-state index in [9.17, 15) is 13.2 Å². The van der Waals surface area contributed by atoms with Crippen LogP contribution >= 0.6 is 11.6 Å². The maximum Gasteiger partial charge on any atom is 0.251 e. The molecule has 6 nitrogen and oxygen atoms in total. The van der Waals surface area contributed by atoms with Crippen LogP contribution in [0.15, 0.2) is 53.4 Å². The van der Waals surface area contributed by atoms with E-state index in [0.29, 0.717) is 10.6 Å². The Labute approximate surface area is 158 Å². The van der Waals surface area contributed by atoms with Crippen molar-refractivity contribution >= 4 is 27.5 Å². The van der Waals surface area contributed by atoms with Gasteiger partial charge in [-0.05, 0) is 42.8 Å². The average Bonchev–Trinajstić information content (AvgIpc) is 2.60. The van der Waals surface area contributed by atoms with E-state index in [0.717, 1.165) is 5.56 Å². The first-order valence-electron chi connectivity index (χ1n) is 7.96. The molecule has 2 aromatic carbocycles. The minimum Gasteiger partial charge on any atom is -0.383 e. The summed E-state index contributed by atoms with van der Waals surface area (Å²) in [6.45, 7) is 2.26. The lowest BCUT2D eigenvalue weighted by Gasteiger charge is -2.13. The van der Waals surface area contributed by atoms with Crippen molar-refractivity contribution in [1.82, 2.24) is 10.0 Å². The highest BCUT2D eigenvalue weighted by atomic mass is 35.5. The number of halogens is 1. The van der Waals surface area contributed by atoms with Gasteiger partial charge in [-0.15, -0.1) is 0 Å². The van der Waals surface area contributed by atoms with Crippen LogP contribution in [0.2, 0.25) is 5.02 Å². The smallest absolute Gasteiger partial charge is 0.251 e. The van der Waals surface area contributed by atoms with Crippen molar-refractivity contribution in [2.24, 2.45) is 0 Å². The largest absolute Gasteiger partial charge is 0.383 e. The Morgan fingerprint density at radius 3 is 2.42 bits per heavy atom. The fourth-order valence-electron chi connectivity index (χ4n) is 2.32. The predicted molar refractivity (Wildman–Crippen MR) is 101 cm³/mol. The molecule has 0 aliphatic rings. The van der Waals surface area contributed by atoms with Crippen molar-refractivity contribution in [1.29, 1.82) is 0 Å². The van der Waals surface area contributed by atoms with Crippen molar-refractivity contribution in [2.45, 2.75) is 24.4 Å². The number of sulfonamides is 1. The Morgan fingerprint density at radius 1 is 1.15 bits per heavy atom. The molecule has 8 heteroatoms. The number of methoxy groups -OCH3 is 1. The molecule has 2 N–H and O–H groups in total. The Hall–Kier alpha value is -1.93. The van der Waals surface area contributed by atoms with Crippen molar-refractivity contribution in [2.75, 3.05) is 13.7 Å². The Kier molecular flexibility index (Phi) is 7.16. The summed E-state index contributed by atoms with van der Waals surface area (Å²) in [5.74, 6) is -0.311. The van der Waals surface area contributed by atoms with Crippen LogP contribution < -0.4 is 10.0 Å². The summed E-state index contributed by atoms with van der Waals surface area (Å²) in [7, 11) is -2.16. The third-order valence-electron chi connectivity index (χ3n) is 3.60. The Bertz CT molecular complexity index is 854. The van der Waals surface area contributed by atoms with Crippen molar-refractivity contribution in [3.05, 3.63) is 64.7 Å². The lowest BCUT2D eigenvalue weighted by molar-refractivity contribution is 0.0951. The van der Waals surface area contributed by atoms with E-state index in [4.69, 9.17) is 16.3 Å². The van der Waals surface area contributed by atoms with Crippen molar-refractivity contribution in [3.8, 4) is 0 Å². The van der Waals surface area contributed by atoms with Gasteiger partial charge in [-0.2, -0.15) is 0 Å². The molecule has 1 atom stereocenters. The highest BCUT2D eigenvalue weighted by Crippen LogP contribution is 2.15. The topological polar surface area (TPSA) is 84.5 Å². The second kappa shape index (κ2) is 9.14. The van der Waals surface area contributed by atoms with Crippen LogP contribution in [-0.2, 0) is 21.3 Å². The second-order valence-electron chi connectivity index (χ2n) is 5.78. The number of carbonyl (C=O) groups is 1. The molecule has 0 saturated heterocycles. The van der Waals surface area contributed by atoms with Gasteiger partial charge in [0, 0.05) is 30.3 Å². The third-order valence-corrected chi connectivity index (χ3v) is 5.57. The molecular weight excluding hydrogens is 376 g/mol. The summed E-state index contributed by atoms with van der Waals surface area (Å²) in [6.07, 6.45) is 0. The summed E-state index contributed by atoms with van der Waals surface area (Å²) in [6, 6.07) is 12.6. The molecule has 0 aliphatic carbocycles. The number of rotatable bonds is 8. The van der Waals surface area contributed by atoms with Crippen LogP contribution in [0, 0.1) is 0 Å². The first-order chi connectivity index (χ1) is 12.3. The molecule has 1 amide bonds. The van der Waals surface area contributed by atoms with Gasteiger partial charge in [0.1, 0.15) is 0 Å². The number of hydrogen-bond acceptors (Lipinski definition) is 4. The van der Waals surface area contributed by atoms with E-state index in [-0.39, 0.29) is 30.0 Å². The fraction of sp³-hybridized carbons (Fsp3) is 0.278. The Morgan fingerprint density at radius 2 is 1.81 bits per heavy atom. The molecule has 2 aromatic rings. The Balaban J connectivity index is 2.02. The predicted octanol–water partition coefficient (Wildman–Crippen LogP) is 2.58. The summed E-state index contributed by atoms with van der Waals surface area (Å²) < 4.78 is 32.0. The molecule has 0 spiro atoms. The summed E-state index contributed by atoms with van der Waals surface area (Å²) in [5.41, 5.74) is 1.17. The maximum atomic E-state index is 12.3. The highest BCUT2D eigenvalue weighted by molar-refractivity contribution is 7.89. The van der Waals surface area contributed by atoms with Gasteiger partial charge in [0.15, 0.2) is 0 Å². The molecule has 0 saturated carbocycles. The molecular formula is C18H21ClN2O4S. The van der Waals surface area contributed by atoms with Crippen molar-refractivity contribution < 1.29 is 17.9 Å². The minimum atomic E-state index is -3.66. The van der Waals surface area contributed by atoms with Gasteiger partial charge in [-0.3, -0.25) is 4.79 Å². The number of ether oxygens (including phenoxy) is 1. The lowest BCUT2D eigenvalue weighted by Crippen LogP contribution is -2.35. The zero-order chi connectivity index (χ0) is 19.2. The summed E-state index contributed by atoms with van der Waals surface area (Å²) in [4.78, 5) is 12.3. The zero-order valence-electron chi connectivity index (χ0n) is 14.5. The average molecular weight is 397 g/mol. The zero-order valence-corrected chi connectivity index (χ0v) is 16.1. The molecule has 0 radical (unpaired) electrons. The molecule has 0 aromatic heterocycles. The van der Waals surface area contributed by atoms with Crippen LogP contribution in [0.4, 0.5) is 0 Å². The molecule has 0 heterocycles. The number of nitrogens with one attached hydrogen (secondary N) is 2. The van der Waals surface area contributed by atoms with Gasteiger partial charge in [0.05, 0.1) is 11.5 Å². The van der Waals surface area contributed by atoms with Gasteiger partial charge >= 0.3 is 0 Å². The van der Waals surface area contributed by atoms with Gasteiger partial charge in [-0.1, -0.05) is 29.8 Å². The number of amides is 1. The van der Waals surface area contributed by atoms with Gasteiger partial charge in [0.2, 0.25) is 10.0 Å². The quantitative estimate of drug-likeness (QED) is 0.718. The lowest BCUT2D eigenvalue weighted by atomic mass is 10.2. The molecule has 26 heavy (non-hydrogen) atoms. The maximum absolute atomic E-state index is 12.3.